The van der Waals surface area contributed by atoms with Gasteiger partial charge < -0.3 is 4.74 Å². The lowest BCUT2D eigenvalue weighted by atomic mass is 10.2. The van der Waals surface area contributed by atoms with Gasteiger partial charge in [0, 0.05) is 6.04 Å². The lowest BCUT2D eigenvalue weighted by molar-refractivity contribution is 0.397. The van der Waals surface area contributed by atoms with E-state index < -0.39 is 10.0 Å². The van der Waals surface area contributed by atoms with Crippen LogP contribution in [0.1, 0.15) is 18.4 Å². The number of fused-ring (bicyclic) bond motifs is 1. The average Bonchev–Trinajstić information content (AvgIpc) is 3.27. The first-order valence-electron chi connectivity index (χ1n) is 8.01. The third-order valence-corrected chi connectivity index (χ3v) is 5.60. The fourth-order valence-corrected chi connectivity index (χ4v) is 4.30. The molecule has 7 nitrogen and oxygen atoms in total. The van der Waals surface area contributed by atoms with E-state index in [1.54, 1.807) is 6.07 Å². The van der Waals surface area contributed by atoms with Crippen LogP contribution in [-0.2, 0) is 10.0 Å². The van der Waals surface area contributed by atoms with Crippen molar-refractivity contribution in [2.45, 2.75) is 30.7 Å². The molecule has 3 aromatic rings. The van der Waals surface area contributed by atoms with Gasteiger partial charge in [0.25, 0.3) is 0 Å². The van der Waals surface area contributed by atoms with Crippen molar-refractivity contribution in [3.63, 3.8) is 0 Å². The molecule has 0 spiro atoms. The summed E-state index contributed by atoms with van der Waals surface area (Å²) in [6, 6.07) is 10.9. The number of hydrogen-bond acceptors (Lipinski definition) is 5. The summed E-state index contributed by atoms with van der Waals surface area (Å²) in [5.41, 5.74) is 2.74. The van der Waals surface area contributed by atoms with Crippen LogP contribution in [0.15, 0.2) is 41.3 Å². The van der Waals surface area contributed by atoms with Crippen LogP contribution in [0.25, 0.3) is 16.7 Å². The van der Waals surface area contributed by atoms with E-state index in [0.717, 1.165) is 29.4 Å². The highest BCUT2D eigenvalue weighted by molar-refractivity contribution is 7.89. The molecule has 4 rings (SSSR count). The Morgan fingerprint density at radius 2 is 1.80 bits per heavy atom. The molecular weight excluding hydrogens is 340 g/mol. The first-order valence-corrected chi connectivity index (χ1v) is 9.50. The highest BCUT2D eigenvalue weighted by Crippen LogP contribution is 2.33. The zero-order chi connectivity index (χ0) is 17.6. The number of aryl methyl sites for hydroxylation is 1. The molecule has 0 unspecified atom stereocenters. The molecule has 0 amide bonds. The summed E-state index contributed by atoms with van der Waals surface area (Å²) in [6.07, 6.45) is 1.73. The molecule has 0 radical (unpaired) electrons. The summed E-state index contributed by atoms with van der Waals surface area (Å²) < 4.78 is 33.6. The fraction of sp³-hybridized carbons (Fsp3) is 0.294. The number of benzene rings is 2. The monoisotopic (exact) mass is 358 g/mol. The van der Waals surface area contributed by atoms with Gasteiger partial charge in [-0.3, -0.25) is 0 Å². The van der Waals surface area contributed by atoms with Crippen LogP contribution in [0, 0.1) is 6.92 Å². The second-order valence-electron chi connectivity index (χ2n) is 6.19. The third kappa shape index (κ3) is 2.98. The summed E-state index contributed by atoms with van der Waals surface area (Å²) in [7, 11) is -2.21. The highest BCUT2D eigenvalue weighted by Gasteiger charge is 2.31. The molecule has 130 valence electrons. The van der Waals surface area contributed by atoms with Crippen molar-refractivity contribution in [1.82, 2.24) is 19.7 Å². The first kappa shape index (κ1) is 16.0. The number of methoxy groups -OCH3 is 1. The van der Waals surface area contributed by atoms with E-state index >= 15 is 0 Å². The second-order valence-corrected chi connectivity index (χ2v) is 7.87. The molecule has 1 N–H and O–H groups in total. The number of ether oxygens (including phenoxy) is 1. The Hall–Kier alpha value is -2.45. The van der Waals surface area contributed by atoms with Crippen LogP contribution in [0.4, 0.5) is 0 Å². The summed E-state index contributed by atoms with van der Waals surface area (Å²) in [4.78, 5) is 1.53. The highest BCUT2D eigenvalue weighted by atomic mass is 32.2. The molecule has 0 atom stereocenters. The van der Waals surface area contributed by atoms with Gasteiger partial charge in [0.1, 0.15) is 21.6 Å². The number of hydrogen-bond donors (Lipinski definition) is 1. The van der Waals surface area contributed by atoms with Crippen LogP contribution in [-0.4, -0.2) is 36.6 Å². The predicted molar refractivity (Wildman–Crippen MR) is 93.5 cm³/mol. The minimum absolute atomic E-state index is 0.0177. The molecule has 1 heterocycles. The minimum Gasteiger partial charge on any atom is -0.493 e. The topological polar surface area (TPSA) is 86.1 Å². The standard InChI is InChI=1S/C17H18N4O3S/c1-11-9-15(21-18-13-5-3-4-6-14(13)19-21)17(24-2)16(10-11)25(22,23)20-12-7-8-12/h3-6,9-10,12,20H,7-8H2,1-2H3. The van der Waals surface area contributed by atoms with Gasteiger partial charge in [0.15, 0.2) is 5.75 Å². The Balaban J connectivity index is 1.90. The van der Waals surface area contributed by atoms with Gasteiger partial charge in [-0.15, -0.1) is 15.0 Å². The van der Waals surface area contributed by atoms with Gasteiger partial charge in [0.2, 0.25) is 10.0 Å². The smallest absolute Gasteiger partial charge is 0.244 e. The van der Waals surface area contributed by atoms with Crippen molar-refractivity contribution in [2.24, 2.45) is 0 Å². The maximum absolute atomic E-state index is 12.7. The summed E-state index contributed by atoms with van der Waals surface area (Å²) in [6.45, 7) is 1.84. The van der Waals surface area contributed by atoms with Crippen molar-refractivity contribution in [3.05, 3.63) is 42.0 Å². The minimum atomic E-state index is -3.67. The second kappa shape index (κ2) is 5.82. The van der Waals surface area contributed by atoms with Crippen LogP contribution in [0.2, 0.25) is 0 Å². The predicted octanol–water partition coefficient (Wildman–Crippen LogP) is 2.18. The largest absolute Gasteiger partial charge is 0.493 e. The molecule has 1 aliphatic rings. The molecule has 0 bridgehead atoms. The molecule has 2 aromatic carbocycles. The Kier molecular flexibility index (Phi) is 3.73. The van der Waals surface area contributed by atoms with Crippen LogP contribution in [0.5, 0.6) is 5.75 Å². The van der Waals surface area contributed by atoms with Crippen LogP contribution in [0.3, 0.4) is 0 Å². The van der Waals surface area contributed by atoms with Crippen LogP contribution < -0.4 is 9.46 Å². The van der Waals surface area contributed by atoms with Gasteiger partial charge in [-0.1, -0.05) is 12.1 Å². The van der Waals surface area contributed by atoms with E-state index in [4.69, 9.17) is 4.74 Å². The summed E-state index contributed by atoms with van der Waals surface area (Å²) in [5.74, 6) is 0.235. The number of sulfonamides is 1. The summed E-state index contributed by atoms with van der Waals surface area (Å²) in [5, 5.41) is 8.88. The van der Waals surface area contributed by atoms with Gasteiger partial charge in [-0.05, 0) is 49.6 Å². The molecule has 8 heteroatoms. The van der Waals surface area contributed by atoms with Crippen molar-refractivity contribution in [3.8, 4) is 11.4 Å². The van der Waals surface area contributed by atoms with Crippen molar-refractivity contribution >= 4 is 21.1 Å². The van der Waals surface area contributed by atoms with Gasteiger partial charge in [-0.25, -0.2) is 13.1 Å². The van der Waals surface area contributed by atoms with Crippen molar-refractivity contribution in [1.29, 1.82) is 0 Å². The Morgan fingerprint density at radius 1 is 1.16 bits per heavy atom. The molecule has 25 heavy (non-hydrogen) atoms. The molecule has 0 aliphatic heterocycles. The maximum Gasteiger partial charge on any atom is 0.244 e. The van der Waals surface area contributed by atoms with Crippen molar-refractivity contribution < 1.29 is 13.2 Å². The normalized spacial score (nSPS) is 14.8. The molecule has 1 aliphatic carbocycles. The number of nitrogens with one attached hydrogen (secondary N) is 1. The average molecular weight is 358 g/mol. The number of rotatable bonds is 5. The van der Waals surface area contributed by atoms with E-state index in [9.17, 15) is 8.42 Å². The number of nitrogens with zero attached hydrogens (tertiary/aromatic N) is 3. The fourth-order valence-electron chi connectivity index (χ4n) is 2.73. The van der Waals surface area contributed by atoms with Crippen molar-refractivity contribution in [2.75, 3.05) is 7.11 Å². The zero-order valence-electron chi connectivity index (χ0n) is 13.9. The van der Waals surface area contributed by atoms with E-state index in [-0.39, 0.29) is 16.7 Å². The molecule has 0 saturated heterocycles. The lowest BCUT2D eigenvalue weighted by Gasteiger charge is -2.15. The van der Waals surface area contributed by atoms with E-state index in [2.05, 4.69) is 14.9 Å². The van der Waals surface area contributed by atoms with Gasteiger partial charge in [-0.2, -0.15) is 0 Å². The third-order valence-electron chi connectivity index (χ3n) is 4.07. The van der Waals surface area contributed by atoms with Gasteiger partial charge in [0.05, 0.1) is 7.11 Å². The Morgan fingerprint density at radius 3 is 2.36 bits per heavy atom. The Labute approximate surface area is 145 Å². The molecule has 1 saturated carbocycles. The first-order chi connectivity index (χ1) is 12.0. The SMILES string of the molecule is COc1c(-n2nc3ccccc3n2)cc(C)cc1S(=O)(=O)NC1CC1. The molecule has 1 fully saturated rings. The molecular formula is C17H18N4O3S. The van der Waals surface area contributed by atoms with E-state index in [0.29, 0.717) is 5.69 Å². The lowest BCUT2D eigenvalue weighted by Crippen LogP contribution is -2.26. The van der Waals surface area contributed by atoms with E-state index in [1.165, 1.54) is 11.9 Å². The summed E-state index contributed by atoms with van der Waals surface area (Å²) >= 11 is 0. The van der Waals surface area contributed by atoms with E-state index in [1.807, 2.05) is 37.3 Å². The number of aromatic nitrogens is 3. The zero-order valence-corrected chi connectivity index (χ0v) is 14.7. The Bertz CT molecular complexity index is 1020. The quantitative estimate of drug-likeness (QED) is 0.755. The molecule has 1 aromatic heterocycles. The van der Waals surface area contributed by atoms with Gasteiger partial charge >= 0.3 is 0 Å². The van der Waals surface area contributed by atoms with Crippen LogP contribution >= 0.6 is 0 Å². The maximum atomic E-state index is 12.7.